The van der Waals surface area contributed by atoms with Gasteiger partial charge in [0.1, 0.15) is 0 Å². The third kappa shape index (κ3) is 5.54. The fourth-order valence-corrected chi connectivity index (χ4v) is 22.8. The van der Waals surface area contributed by atoms with Crippen LogP contribution in [0.25, 0.3) is 0 Å². The van der Waals surface area contributed by atoms with Crippen LogP contribution in [0.15, 0.2) is 6.20 Å². The molecule has 19 heavy (non-hydrogen) atoms. The molecule has 0 N–H and O–H groups in total. The fourth-order valence-electron chi connectivity index (χ4n) is 2.74. The average molecular weight is 409 g/mol. The van der Waals surface area contributed by atoms with Crippen molar-refractivity contribution in [1.82, 2.24) is 4.98 Å². The van der Waals surface area contributed by atoms with Gasteiger partial charge in [0.15, 0.2) is 0 Å². The zero-order chi connectivity index (χ0) is 14.1. The summed E-state index contributed by atoms with van der Waals surface area (Å²) in [5.41, 5.74) is 0. The van der Waals surface area contributed by atoms with E-state index in [2.05, 4.69) is 20.8 Å². The molecule has 0 saturated carbocycles. The van der Waals surface area contributed by atoms with Crippen molar-refractivity contribution in [3.05, 3.63) is 10.5 Å². The molecule has 0 bridgehead atoms. The number of hydrogen-bond donors (Lipinski definition) is 0. The van der Waals surface area contributed by atoms with E-state index in [1.165, 1.54) is 54.9 Å². The Bertz CT molecular complexity index is 332. The standard InChI is InChI=1S/3C4H9.C3HClNS.Sn/c3*1-3-4-2;4-3-1-5-2-6-3;/h3*1,3-4H2,2H3;1H;. The molecule has 1 nitrogen and oxygen atoms in total. The van der Waals surface area contributed by atoms with Crippen LogP contribution in [0.5, 0.6) is 0 Å². The van der Waals surface area contributed by atoms with Crippen molar-refractivity contribution in [2.45, 2.75) is 72.6 Å². The van der Waals surface area contributed by atoms with Crippen LogP contribution in [0.1, 0.15) is 59.3 Å². The predicted molar refractivity (Wildman–Crippen MR) is 91.7 cm³/mol. The Kier molecular flexibility index (Phi) is 9.00. The second-order valence-corrected chi connectivity index (χ2v) is 21.2. The molecule has 0 aliphatic heterocycles. The number of halogens is 1. The van der Waals surface area contributed by atoms with Crippen molar-refractivity contribution in [2.75, 3.05) is 0 Å². The number of thiazole rings is 1. The van der Waals surface area contributed by atoms with Crippen LogP contribution in [-0.2, 0) is 0 Å². The number of nitrogens with zero attached hydrogens (tertiary/aromatic N) is 1. The van der Waals surface area contributed by atoms with Crippen molar-refractivity contribution in [2.24, 2.45) is 0 Å². The molecule has 1 aromatic heterocycles. The predicted octanol–water partition coefficient (Wildman–Crippen LogP) is 5.85. The molecule has 0 amide bonds. The molecule has 0 fully saturated rings. The molecule has 110 valence electrons. The van der Waals surface area contributed by atoms with Crippen LogP contribution in [0, 0.1) is 0 Å². The summed E-state index contributed by atoms with van der Waals surface area (Å²) >= 11 is 5.70. The third-order valence-electron chi connectivity index (χ3n) is 3.96. The summed E-state index contributed by atoms with van der Waals surface area (Å²) in [5.74, 6) is 0. The summed E-state index contributed by atoms with van der Waals surface area (Å²) in [4.78, 5) is 4.73. The van der Waals surface area contributed by atoms with E-state index in [9.17, 15) is 0 Å². The Morgan fingerprint density at radius 1 is 1.00 bits per heavy atom. The molecule has 4 heteroatoms. The van der Waals surface area contributed by atoms with E-state index in [4.69, 9.17) is 16.6 Å². The van der Waals surface area contributed by atoms with E-state index >= 15 is 0 Å². The Balaban J connectivity index is 2.93. The number of hydrogen-bond acceptors (Lipinski definition) is 2. The number of rotatable bonds is 10. The number of aromatic nitrogens is 1. The van der Waals surface area contributed by atoms with Gasteiger partial charge >= 0.3 is 132 Å². The Morgan fingerprint density at radius 3 is 1.79 bits per heavy atom. The van der Waals surface area contributed by atoms with Crippen molar-refractivity contribution in [3.8, 4) is 0 Å². The Hall–Kier alpha value is 0.719. The van der Waals surface area contributed by atoms with E-state index < -0.39 is 18.4 Å². The van der Waals surface area contributed by atoms with Gasteiger partial charge in [0.05, 0.1) is 0 Å². The first kappa shape index (κ1) is 17.8. The maximum absolute atomic E-state index is 6.16. The molecule has 1 rings (SSSR count). The molecule has 1 heterocycles. The van der Waals surface area contributed by atoms with Crippen molar-refractivity contribution < 1.29 is 0 Å². The number of unbranched alkanes of at least 4 members (excludes halogenated alkanes) is 3. The summed E-state index contributed by atoms with van der Waals surface area (Å²) in [6.45, 7) is 6.93. The molecule has 0 spiro atoms. The van der Waals surface area contributed by atoms with Crippen molar-refractivity contribution >= 4 is 44.3 Å². The van der Waals surface area contributed by atoms with Gasteiger partial charge in [0, 0.05) is 0 Å². The normalized spacial score (nSPS) is 12.0. The first-order chi connectivity index (χ1) is 9.18. The zero-order valence-electron chi connectivity index (χ0n) is 12.7. The Labute approximate surface area is 132 Å². The molecule has 0 saturated heterocycles. The molecule has 0 aliphatic carbocycles. The SMILES string of the molecule is CCC[CH2][Sn]([CH2]CCC)([CH2]CCC)[c]1ncc(Cl)s1. The van der Waals surface area contributed by atoms with Gasteiger partial charge in [0.25, 0.3) is 0 Å². The fraction of sp³-hybridized carbons (Fsp3) is 0.800. The second-order valence-electron chi connectivity index (χ2n) is 5.56. The van der Waals surface area contributed by atoms with Gasteiger partial charge in [-0.05, 0) is 0 Å². The molecule has 0 radical (unpaired) electrons. The summed E-state index contributed by atoms with van der Waals surface area (Å²) < 4.78 is 6.83. The van der Waals surface area contributed by atoms with E-state index in [0.717, 1.165) is 4.34 Å². The first-order valence-electron chi connectivity index (χ1n) is 7.80. The molecule has 0 atom stereocenters. The first-order valence-corrected chi connectivity index (χ1v) is 16.5. The van der Waals surface area contributed by atoms with Gasteiger partial charge in [-0.1, -0.05) is 0 Å². The monoisotopic (exact) mass is 409 g/mol. The zero-order valence-corrected chi connectivity index (χ0v) is 17.1. The minimum atomic E-state index is -2.25. The van der Waals surface area contributed by atoms with E-state index in [-0.39, 0.29) is 0 Å². The van der Waals surface area contributed by atoms with Gasteiger partial charge in [-0.3, -0.25) is 0 Å². The average Bonchev–Trinajstić information content (AvgIpc) is 2.85. The van der Waals surface area contributed by atoms with Crippen molar-refractivity contribution in [3.63, 3.8) is 0 Å². The van der Waals surface area contributed by atoms with Crippen LogP contribution >= 0.6 is 22.9 Å². The van der Waals surface area contributed by atoms with Crippen LogP contribution < -0.4 is 3.02 Å². The van der Waals surface area contributed by atoms with Gasteiger partial charge in [0.2, 0.25) is 0 Å². The quantitative estimate of drug-likeness (QED) is 0.442. The summed E-state index contributed by atoms with van der Waals surface area (Å²) in [6.07, 6.45) is 10.0. The van der Waals surface area contributed by atoms with E-state index in [1.54, 1.807) is 11.3 Å². The van der Waals surface area contributed by atoms with E-state index in [1.807, 2.05) is 6.20 Å². The molecular formula is C15H28ClNSSn. The van der Waals surface area contributed by atoms with Crippen LogP contribution in [-0.4, -0.2) is 23.4 Å². The minimum absolute atomic E-state index is 0.889. The van der Waals surface area contributed by atoms with Gasteiger partial charge in [-0.25, -0.2) is 0 Å². The Morgan fingerprint density at radius 2 is 1.47 bits per heavy atom. The van der Waals surface area contributed by atoms with Crippen LogP contribution in [0.4, 0.5) is 0 Å². The van der Waals surface area contributed by atoms with Crippen LogP contribution in [0.3, 0.4) is 0 Å². The van der Waals surface area contributed by atoms with Crippen LogP contribution in [0.2, 0.25) is 17.6 Å². The summed E-state index contributed by atoms with van der Waals surface area (Å²) in [6, 6.07) is 0. The molecule has 0 aromatic carbocycles. The summed E-state index contributed by atoms with van der Waals surface area (Å²) in [7, 11) is 0. The van der Waals surface area contributed by atoms with Gasteiger partial charge in [-0.15, -0.1) is 0 Å². The van der Waals surface area contributed by atoms with E-state index in [0.29, 0.717) is 0 Å². The van der Waals surface area contributed by atoms with Crippen molar-refractivity contribution in [1.29, 1.82) is 0 Å². The second kappa shape index (κ2) is 9.62. The summed E-state index contributed by atoms with van der Waals surface area (Å²) in [5, 5.41) is 0. The molecule has 1 aromatic rings. The van der Waals surface area contributed by atoms with Gasteiger partial charge < -0.3 is 0 Å². The third-order valence-corrected chi connectivity index (χ3v) is 22.8. The topological polar surface area (TPSA) is 12.9 Å². The molecule has 0 unspecified atom stereocenters. The maximum atomic E-state index is 6.16. The molecular weight excluding hydrogens is 380 g/mol. The molecule has 0 aliphatic rings. The van der Waals surface area contributed by atoms with Gasteiger partial charge in [-0.2, -0.15) is 0 Å².